The Balaban J connectivity index is 1.39. The van der Waals surface area contributed by atoms with Crippen LogP contribution in [0.2, 0.25) is 0 Å². The average Bonchev–Trinajstić information content (AvgIpc) is 2.91. The number of halogens is 3. The van der Waals surface area contributed by atoms with Gasteiger partial charge in [-0.1, -0.05) is 38.8 Å². The van der Waals surface area contributed by atoms with Gasteiger partial charge in [-0.25, -0.2) is 4.52 Å². The van der Waals surface area contributed by atoms with E-state index < -0.39 is 11.7 Å². The van der Waals surface area contributed by atoms with Crippen molar-refractivity contribution in [3.8, 4) is 0 Å². The summed E-state index contributed by atoms with van der Waals surface area (Å²) in [7, 11) is 0. The molecule has 2 aliphatic rings. The van der Waals surface area contributed by atoms with E-state index >= 15 is 0 Å². The summed E-state index contributed by atoms with van der Waals surface area (Å²) in [6.07, 6.45) is 9.49. The van der Waals surface area contributed by atoms with E-state index in [1.165, 1.54) is 37.1 Å². The molecule has 5 heteroatoms. The topological polar surface area (TPSA) is 17.3 Å². The first kappa shape index (κ1) is 22.4. The van der Waals surface area contributed by atoms with Gasteiger partial charge in [-0.3, -0.25) is 0 Å². The molecule has 0 aromatic carbocycles. The molecule has 0 spiro atoms. The van der Waals surface area contributed by atoms with Crippen molar-refractivity contribution < 1.29 is 13.2 Å². The van der Waals surface area contributed by atoms with Crippen LogP contribution < -0.4 is 0 Å². The van der Waals surface area contributed by atoms with E-state index in [1.54, 1.807) is 4.52 Å². The molecule has 0 atom stereocenters. The number of rotatable bonds is 9. The van der Waals surface area contributed by atoms with Crippen molar-refractivity contribution in [3.05, 3.63) is 47.3 Å². The van der Waals surface area contributed by atoms with Crippen molar-refractivity contribution in [1.29, 1.82) is 0 Å². The molecule has 0 saturated heterocycles. The van der Waals surface area contributed by atoms with E-state index in [9.17, 15) is 13.2 Å². The smallest absolute Gasteiger partial charge is 0.240 e. The van der Waals surface area contributed by atoms with E-state index in [2.05, 4.69) is 25.5 Å². The number of aromatic nitrogens is 2. The Kier molecular flexibility index (Phi) is 6.24. The lowest BCUT2D eigenvalue weighted by atomic mass is 9.65. The van der Waals surface area contributed by atoms with Crippen molar-refractivity contribution >= 4 is 5.52 Å². The molecule has 0 radical (unpaired) electrons. The Bertz CT molecular complexity index is 930. The number of hydrogen-bond donors (Lipinski definition) is 0. The third kappa shape index (κ3) is 4.85. The summed E-state index contributed by atoms with van der Waals surface area (Å²) in [5.41, 5.74) is 3.79. The fourth-order valence-electron chi connectivity index (χ4n) is 5.35. The maximum atomic E-state index is 13.2. The molecule has 2 nitrogen and oxygen atoms in total. The first-order valence-electron chi connectivity index (χ1n) is 11.9. The number of nitrogens with zero attached hydrogens (tertiary/aromatic N) is 2. The lowest BCUT2D eigenvalue weighted by Gasteiger charge is -2.41. The van der Waals surface area contributed by atoms with Gasteiger partial charge in [0.05, 0.1) is 16.8 Å². The molecule has 0 N–H and O–H groups in total. The summed E-state index contributed by atoms with van der Waals surface area (Å²) in [5.74, 6) is 1.20. The van der Waals surface area contributed by atoms with Crippen molar-refractivity contribution in [2.75, 3.05) is 0 Å². The van der Waals surface area contributed by atoms with E-state index in [-0.39, 0.29) is 0 Å². The van der Waals surface area contributed by atoms with Crippen LogP contribution in [0.1, 0.15) is 101 Å². The summed E-state index contributed by atoms with van der Waals surface area (Å²) >= 11 is 0. The van der Waals surface area contributed by atoms with Gasteiger partial charge in [0.15, 0.2) is 0 Å². The van der Waals surface area contributed by atoms with Crippen LogP contribution in [0.3, 0.4) is 0 Å². The Morgan fingerprint density at radius 1 is 1.13 bits per heavy atom. The molecule has 2 heterocycles. The van der Waals surface area contributed by atoms with Gasteiger partial charge in [-0.15, -0.1) is 0 Å². The highest BCUT2D eigenvalue weighted by molar-refractivity contribution is 5.60. The molecule has 0 bridgehead atoms. The SMILES string of the molecule is C=C(CCCCc1nn2ccc(C(F)(F)F)cc2c1C1CCC1)CC(C)(C)C1CCC1. The number of unbranched alkanes of at least 4 members (excludes halogenated alkanes) is 1. The number of alkyl halides is 3. The second kappa shape index (κ2) is 8.63. The van der Waals surface area contributed by atoms with Crippen molar-refractivity contribution in [3.63, 3.8) is 0 Å². The fourth-order valence-corrected chi connectivity index (χ4v) is 5.35. The lowest BCUT2D eigenvalue weighted by Crippen LogP contribution is -2.30. The van der Waals surface area contributed by atoms with E-state index in [0.29, 0.717) is 16.8 Å². The van der Waals surface area contributed by atoms with Gasteiger partial charge in [0, 0.05) is 11.8 Å². The number of fused-ring (bicyclic) bond motifs is 1. The maximum Gasteiger partial charge on any atom is 0.416 e. The molecule has 170 valence electrons. The minimum atomic E-state index is -4.32. The summed E-state index contributed by atoms with van der Waals surface area (Å²) in [6.45, 7) is 9.08. The summed E-state index contributed by atoms with van der Waals surface area (Å²) in [5, 5.41) is 4.68. The molecular weight excluding hydrogens is 397 g/mol. The molecule has 0 unspecified atom stereocenters. The summed E-state index contributed by atoms with van der Waals surface area (Å²) < 4.78 is 41.3. The highest BCUT2D eigenvalue weighted by atomic mass is 19.4. The molecule has 0 amide bonds. The van der Waals surface area contributed by atoms with Gasteiger partial charge in [-0.05, 0) is 87.2 Å². The molecule has 2 aliphatic carbocycles. The lowest BCUT2D eigenvalue weighted by molar-refractivity contribution is -0.137. The Hall–Kier alpha value is -1.78. The third-order valence-corrected chi connectivity index (χ3v) is 7.70. The van der Waals surface area contributed by atoms with Crippen LogP contribution in [0.15, 0.2) is 30.5 Å². The zero-order chi connectivity index (χ0) is 22.2. The van der Waals surface area contributed by atoms with Gasteiger partial charge in [0.1, 0.15) is 0 Å². The van der Waals surface area contributed by atoms with Crippen LogP contribution in [-0.2, 0) is 12.6 Å². The molecule has 2 fully saturated rings. The average molecular weight is 433 g/mol. The second-order valence-corrected chi connectivity index (χ2v) is 10.5. The molecule has 2 aromatic heterocycles. The van der Waals surface area contributed by atoms with Gasteiger partial charge >= 0.3 is 6.18 Å². The minimum absolute atomic E-state index is 0.352. The summed E-state index contributed by atoms with van der Waals surface area (Å²) in [4.78, 5) is 0. The van der Waals surface area contributed by atoms with Crippen molar-refractivity contribution in [2.24, 2.45) is 11.3 Å². The zero-order valence-corrected chi connectivity index (χ0v) is 18.9. The van der Waals surface area contributed by atoms with Crippen LogP contribution in [0.5, 0.6) is 0 Å². The molecule has 4 rings (SSSR count). The second-order valence-electron chi connectivity index (χ2n) is 10.5. The molecule has 2 aromatic rings. The zero-order valence-electron chi connectivity index (χ0n) is 18.9. The van der Waals surface area contributed by atoms with Crippen LogP contribution in [-0.4, -0.2) is 9.61 Å². The van der Waals surface area contributed by atoms with Crippen molar-refractivity contribution in [1.82, 2.24) is 9.61 Å². The normalized spacial score (nSPS) is 18.2. The van der Waals surface area contributed by atoms with Crippen LogP contribution >= 0.6 is 0 Å². The predicted octanol–water partition coefficient (Wildman–Crippen LogP) is 8.11. The standard InChI is InChI=1S/C26H35F3N2/c1-18(17-25(2,3)20-11-7-12-20)8-4-5-13-22-24(19-9-6-10-19)23-16-21(26(27,28)29)14-15-31(23)30-22/h14-16,19-20H,1,4-13,17H2,2-3H3. The van der Waals surface area contributed by atoms with Crippen LogP contribution in [0.4, 0.5) is 13.2 Å². The highest BCUT2D eigenvalue weighted by Crippen LogP contribution is 2.45. The minimum Gasteiger partial charge on any atom is -0.240 e. The van der Waals surface area contributed by atoms with Crippen LogP contribution in [0.25, 0.3) is 5.52 Å². The van der Waals surface area contributed by atoms with Crippen LogP contribution in [0, 0.1) is 11.3 Å². The molecular formula is C26H35F3N2. The van der Waals surface area contributed by atoms with E-state index in [0.717, 1.165) is 74.6 Å². The molecule has 31 heavy (non-hydrogen) atoms. The predicted molar refractivity (Wildman–Crippen MR) is 119 cm³/mol. The Labute approximate surface area is 183 Å². The summed E-state index contributed by atoms with van der Waals surface area (Å²) in [6, 6.07) is 2.41. The van der Waals surface area contributed by atoms with Gasteiger partial charge in [0.2, 0.25) is 0 Å². The van der Waals surface area contributed by atoms with Crippen molar-refractivity contribution in [2.45, 2.75) is 96.6 Å². The quantitative estimate of drug-likeness (QED) is 0.289. The number of aryl methyl sites for hydroxylation is 1. The van der Waals surface area contributed by atoms with E-state index in [1.807, 2.05) is 0 Å². The Morgan fingerprint density at radius 3 is 2.42 bits per heavy atom. The van der Waals surface area contributed by atoms with Gasteiger partial charge < -0.3 is 0 Å². The van der Waals surface area contributed by atoms with Gasteiger partial charge in [0.25, 0.3) is 0 Å². The first-order valence-corrected chi connectivity index (χ1v) is 11.9. The number of pyridine rings is 1. The molecule has 2 saturated carbocycles. The maximum absolute atomic E-state index is 13.2. The van der Waals surface area contributed by atoms with Gasteiger partial charge in [-0.2, -0.15) is 18.3 Å². The number of allylic oxidation sites excluding steroid dienone is 1. The highest BCUT2D eigenvalue weighted by Gasteiger charge is 2.34. The van der Waals surface area contributed by atoms with E-state index in [4.69, 9.17) is 0 Å². The number of hydrogen-bond acceptors (Lipinski definition) is 1. The molecule has 0 aliphatic heterocycles. The monoisotopic (exact) mass is 432 g/mol. The Morgan fingerprint density at radius 2 is 1.84 bits per heavy atom. The first-order chi connectivity index (χ1) is 14.6. The fraction of sp³-hybridized carbons (Fsp3) is 0.654. The third-order valence-electron chi connectivity index (χ3n) is 7.70. The largest absolute Gasteiger partial charge is 0.416 e.